The number of nitrogens with two attached hydrogens (primary N) is 1. The summed E-state index contributed by atoms with van der Waals surface area (Å²) in [6.45, 7) is 1.64. The van der Waals surface area contributed by atoms with Crippen molar-refractivity contribution in [2.75, 3.05) is 6.26 Å². The predicted octanol–water partition coefficient (Wildman–Crippen LogP) is 2.62. The molecule has 1 aromatic heterocycles. The van der Waals surface area contributed by atoms with Crippen molar-refractivity contribution in [3.05, 3.63) is 16.0 Å². The maximum absolute atomic E-state index is 11.4. The first-order chi connectivity index (χ1) is 6.65. The molecule has 1 heterocycles. The zero-order chi connectivity index (χ0) is 10.3. The molecule has 2 nitrogen and oxygen atoms in total. The van der Waals surface area contributed by atoms with Gasteiger partial charge in [-0.2, -0.15) is 0 Å². The Labute approximate surface area is 91.9 Å². The average Bonchev–Trinajstić information content (AvgIpc) is 2.66. The van der Waals surface area contributed by atoms with Crippen LogP contribution in [0.3, 0.4) is 0 Å². The van der Waals surface area contributed by atoms with E-state index in [0.717, 1.165) is 17.7 Å². The standard InChI is InChI=1S/C10H13NOS2/c1-5(12)9-6-3-4-7(11)8(6)10(13-2)14-9/h7H,3-4,11H2,1-2H3. The lowest BCUT2D eigenvalue weighted by atomic mass is 10.1. The van der Waals surface area contributed by atoms with Gasteiger partial charge < -0.3 is 5.73 Å². The summed E-state index contributed by atoms with van der Waals surface area (Å²) in [5.41, 5.74) is 8.48. The molecule has 1 atom stereocenters. The molecule has 2 N–H and O–H groups in total. The summed E-state index contributed by atoms with van der Waals surface area (Å²) in [6, 6.07) is 0.150. The number of hydrogen-bond donors (Lipinski definition) is 1. The zero-order valence-corrected chi connectivity index (χ0v) is 9.93. The highest BCUT2D eigenvalue weighted by Crippen LogP contribution is 2.44. The molecule has 1 unspecified atom stereocenters. The molecular formula is C10H13NOS2. The van der Waals surface area contributed by atoms with E-state index in [1.165, 1.54) is 15.3 Å². The van der Waals surface area contributed by atoms with Crippen molar-refractivity contribution in [1.29, 1.82) is 0 Å². The van der Waals surface area contributed by atoms with Crippen molar-refractivity contribution < 1.29 is 4.79 Å². The molecule has 0 aliphatic heterocycles. The smallest absolute Gasteiger partial charge is 0.170 e. The van der Waals surface area contributed by atoms with Gasteiger partial charge in [0.15, 0.2) is 5.78 Å². The SMILES string of the molecule is CSc1sc(C(C)=O)c2c1C(N)CC2. The molecule has 1 aliphatic rings. The van der Waals surface area contributed by atoms with E-state index in [1.807, 2.05) is 6.26 Å². The number of fused-ring (bicyclic) bond motifs is 1. The van der Waals surface area contributed by atoms with Crippen molar-refractivity contribution in [3.63, 3.8) is 0 Å². The fraction of sp³-hybridized carbons (Fsp3) is 0.500. The lowest BCUT2D eigenvalue weighted by Gasteiger charge is -2.03. The number of carbonyl (C=O) groups is 1. The second-order valence-corrected chi connectivity index (χ2v) is 5.61. The van der Waals surface area contributed by atoms with Gasteiger partial charge in [0.05, 0.1) is 9.09 Å². The number of rotatable bonds is 2. The second kappa shape index (κ2) is 3.68. The van der Waals surface area contributed by atoms with Crippen LogP contribution in [-0.4, -0.2) is 12.0 Å². The van der Waals surface area contributed by atoms with Crippen molar-refractivity contribution in [1.82, 2.24) is 0 Å². The number of carbonyl (C=O) groups excluding carboxylic acids is 1. The number of thioether (sulfide) groups is 1. The Morgan fingerprint density at radius 3 is 2.93 bits per heavy atom. The molecule has 2 rings (SSSR count). The molecule has 0 radical (unpaired) electrons. The molecule has 0 amide bonds. The van der Waals surface area contributed by atoms with Crippen molar-refractivity contribution in [2.24, 2.45) is 5.73 Å². The third-order valence-electron chi connectivity index (χ3n) is 2.60. The van der Waals surface area contributed by atoms with E-state index < -0.39 is 0 Å². The van der Waals surface area contributed by atoms with Crippen LogP contribution in [-0.2, 0) is 6.42 Å². The number of hydrogen-bond acceptors (Lipinski definition) is 4. The number of ketones is 1. The third kappa shape index (κ3) is 1.42. The van der Waals surface area contributed by atoms with Gasteiger partial charge in [0.2, 0.25) is 0 Å². The molecule has 0 aromatic carbocycles. The Bertz CT molecular complexity index is 384. The van der Waals surface area contributed by atoms with E-state index >= 15 is 0 Å². The first-order valence-electron chi connectivity index (χ1n) is 4.61. The highest BCUT2D eigenvalue weighted by Gasteiger charge is 2.29. The lowest BCUT2D eigenvalue weighted by Crippen LogP contribution is -2.05. The molecule has 14 heavy (non-hydrogen) atoms. The van der Waals surface area contributed by atoms with E-state index in [0.29, 0.717) is 0 Å². The van der Waals surface area contributed by atoms with Crippen LogP contribution in [0.1, 0.15) is 40.2 Å². The van der Waals surface area contributed by atoms with Gasteiger partial charge in [0, 0.05) is 6.04 Å². The van der Waals surface area contributed by atoms with Crippen LogP contribution < -0.4 is 5.73 Å². The van der Waals surface area contributed by atoms with Gasteiger partial charge in [-0.15, -0.1) is 23.1 Å². The summed E-state index contributed by atoms with van der Waals surface area (Å²) in [4.78, 5) is 12.3. The van der Waals surface area contributed by atoms with E-state index in [1.54, 1.807) is 30.0 Å². The molecule has 0 saturated heterocycles. The monoisotopic (exact) mass is 227 g/mol. The van der Waals surface area contributed by atoms with Crippen molar-refractivity contribution >= 4 is 28.9 Å². The summed E-state index contributed by atoms with van der Waals surface area (Å²) in [7, 11) is 0. The van der Waals surface area contributed by atoms with Gasteiger partial charge >= 0.3 is 0 Å². The second-order valence-electron chi connectivity index (χ2n) is 3.52. The zero-order valence-electron chi connectivity index (χ0n) is 8.29. The van der Waals surface area contributed by atoms with E-state index in [-0.39, 0.29) is 11.8 Å². The van der Waals surface area contributed by atoms with Gasteiger partial charge in [-0.05, 0) is 37.1 Å². The van der Waals surface area contributed by atoms with Crippen molar-refractivity contribution in [2.45, 2.75) is 30.0 Å². The van der Waals surface area contributed by atoms with Gasteiger partial charge in [-0.3, -0.25) is 4.79 Å². The minimum Gasteiger partial charge on any atom is -0.324 e. The highest BCUT2D eigenvalue weighted by atomic mass is 32.2. The van der Waals surface area contributed by atoms with Crippen LogP contribution in [0.4, 0.5) is 0 Å². The van der Waals surface area contributed by atoms with Crippen LogP contribution in [0, 0.1) is 0 Å². The Morgan fingerprint density at radius 2 is 2.36 bits per heavy atom. The normalized spacial score (nSPS) is 19.8. The Hall–Kier alpha value is -0.320. The molecule has 4 heteroatoms. The summed E-state index contributed by atoms with van der Waals surface area (Å²) in [5, 5.41) is 0. The average molecular weight is 227 g/mol. The van der Waals surface area contributed by atoms with Crippen LogP contribution in [0.15, 0.2) is 4.21 Å². The van der Waals surface area contributed by atoms with Gasteiger partial charge in [-0.1, -0.05) is 0 Å². The first-order valence-corrected chi connectivity index (χ1v) is 6.65. The summed E-state index contributed by atoms with van der Waals surface area (Å²) in [5.74, 6) is 0.181. The third-order valence-corrected chi connectivity index (χ3v) is 5.08. The maximum Gasteiger partial charge on any atom is 0.170 e. The van der Waals surface area contributed by atoms with Crippen LogP contribution >= 0.6 is 23.1 Å². The summed E-state index contributed by atoms with van der Waals surface area (Å²) < 4.78 is 1.23. The van der Waals surface area contributed by atoms with Gasteiger partial charge in [-0.25, -0.2) is 0 Å². The Morgan fingerprint density at radius 1 is 1.64 bits per heavy atom. The van der Waals surface area contributed by atoms with E-state index in [2.05, 4.69) is 0 Å². The van der Waals surface area contributed by atoms with Crippen molar-refractivity contribution in [3.8, 4) is 0 Å². The molecule has 1 aromatic rings. The molecule has 0 spiro atoms. The van der Waals surface area contributed by atoms with E-state index in [9.17, 15) is 4.79 Å². The molecular weight excluding hydrogens is 214 g/mol. The van der Waals surface area contributed by atoms with Crippen LogP contribution in [0.2, 0.25) is 0 Å². The molecule has 0 saturated carbocycles. The van der Waals surface area contributed by atoms with Gasteiger partial charge in [0.25, 0.3) is 0 Å². The largest absolute Gasteiger partial charge is 0.324 e. The maximum atomic E-state index is 11.4. The highest BCUT2D eigenvalue weighted by molar-refractivity contribution is 8.00. The molecule has 1 aliphatic carbocycles. The lowest BCUT2D eigenvalue weighted by molar-refractivity contribution is 0.102. The molecule has 76 valence electrons. The predicted molar refractivity (Wildman–Crippen MR) is 61.4 cm³/mol. The quantitative estimate of drug-likeness (QED) is 0.624. The van der Waals surface area contributed by atoms with Crippen LogP contribution in [0.25, 0.3) is 0 Å². The minimum atomic E-state index is 0.150. The fourth-order valence-corrected chi connectivity index (χ4v) is 4.09. The fourth-order valence-electron chi connectivity index (χ4n) is 1.96. The first kappa shape index (κ1) is 10.2. The summed E-state index contributed by atoms with van der Waals surface area (Å²) >= 11 is 3.31. The minimum absolute atomic E-state index is 0.150. The van der Waals surface area contributed by atoms with Gasteiger partial charge in [0.1, 0.15) is 0 Å². The molecule has 0 bridgehead atoms. The summed E-state index contributed by atoms with van der Waals surface area (Å²) in [6.07, 6.45) is 4.01. The number of Topliss-reactive ketones (excluding diaryl/α,β-unsaturated/α-hetero) is 1. The number of thiophene rings is 1. The van der Waals surface area contributed by atoms with Crippen LogP contribution in [0.5, 0.6) is 0 Å². The van der Waals surface area contributed by atoms with E-state index in [4.69, 9.17) is 5.73 Å². The Balaban J connectivity index is 2.57. The Kier molecular flexibility index (Phi) is 2.68. The molecule has 0 fully saturated rings. The topological polar surface area (TPSA) is 43.1 Å².